The van der Waals surface area contributed by atoms with E-state index in [9.17, 15) is 19.2 Å². The Hall–Kier alpha value is -4.51. The summed E-state index contributed by atoms with van der Waals surface area (Å²) in [6.07, 6.45) is 3.53. The standard InChI is InChI=1S/C37H46N6O5/c1-25(48-21-27-14-10-7-11-15-27)31(35(47)40(4)5)39-32(44)30-20-41(22-37(30)23-42(24-37)34(46)29-16-36(29,2)3)33(45)28-17-38-43(19-28)18-26-12-8-6-9-13-26/h6-15,17,19,25,29-31H,16,18,20-24H2,1-5H3,(H,39,44)/t25-,29-,30+,31+/m1/s1. The fourth-order valence-electron chi connectivity index (χ4n) is 7.11. The highest BCUT2D eigenvalue weighted by atomic mass is 16.5. The molecule has 3 aromatic rings. The molecule has 48 heavy (non-hydrogen) atoms. The predicted octanol–water partition coefficient (Wildman–Crippen LogP) is 3.06. The molecule has 1 aromatic heterocycles. The lowest BCUT2D eigenvalue weighted by Gasteiger charge is -2.50. The number of likely N-dealkylation sites (N-methyl/N-ethyl adjacent to an activating group) is 1. The number of carbonyl (C=O) groups excluding carboxylic acids is 4. The van der Waals surface area contributed by atoms with Crippen molar-refractivity contribution in [3.05, 3.63) is 89.7 Å². The number of rotatable bonds is 11. The van der Waals surface area contributed by atoms with E-state index in [1.165, 1.54) is 4.90 Å². The Morgan fingerprint density at radius 3 is 2.15 bits per heavy atom. The largest absolute Gasteiger partial charge is 0.371 e. The third-order valence-electron chi connectivity index (χ3n) is 10.3. The summed E-state index contributed by atoms with van der Waals surface area (Å²) < 4.78 is 7.82. The summed E-state index contributed by atoms with van der Waals surface area (Å²) in [4.78, 5) is 59.7. The summed E-state index contributed by atoms with van der Waals surface area (Å²) in [5.74, 6) is -1.33. The van der Waals surface area contributed by atoms with Gasteiger partial charge in [0.2, 0.25) is 17.7 Å². The van der Waals surface area contributed by atoms with Crippen LogP contribution in [0.1, 0.15) is 48.7 Å². The van der Waals surface area contributed by atoms with Crippen LogP contribution in [0.3, 0.4) is 0 Å². The molecule has 0 radical (unpaired) electrons. The Kier molecular flexibility index (Phi) is 9.17. The monoisotopic (exact) mass is 654 g/mol. The summed E-state index contributed by atoms with van der Waals surface area (Å²) in [7, 11) is 3.30. The van der Waals surface area contributed by atoms with Gasteiger partial charge in [0.1, 0.15) is 6.04 Å². The van der Waals surface area contributed by atoms with Crippen molar-refractivity contribution < 1.29 is 23.9 Å². The van der Waals surface area contributed by atoms with E-state index >= 15 is 0 Å². The summed E-state index contributed by atoms with van der Waals surface area (Å²) in [5, 5.41) is 7.43. The smallest absolute Gasteiger partial charge is 0.257 e. The number of hydrogen-bond donors (Lipinski definition) is 1. The van der Waals surface area contributed by atoms with Crippen LogP contribution in [-0.2, 0) is 32.3 Å². The third kappa shape index (κ3) is 6.87. The van der Waals surface area contributed by atoms with Crippen molar-refractivity contribution in [1.29, 1.82) is 0 Å². The third-order valence-corrected chi connectivity index (χ3v) is 10.3. The number of ether oxygens (including phenoxy) is 1. The van der Waals surface area contributed by atoms with Gasteiger partial charge in [-0.15, -0.1) is 0 Å². The minimum atomic E-state index is -0.931. The quantitative estimate of drug-likeness (QED) is 0.340. The highest BCUT2D eigenvalue weighted by molar-refractivity contribution is 5.95. The van der Waals surface area contributed by atoms with Crippen molar-refractivity contribution in [3.63, 3.8) is 0 Å². The molecule has 6 rings (SSSR count). The molecule has 1 saturated carbocycles. The van der Waals surface area contributed by atoms with Gasteiger partial charge in [0.05, 0.1) is 36.9 Å². The maximum atomic E-state index is 14.2. The Bertz CT molecular complexity index is 1650. The molecule has 1 aliphatic carbocycles. The number of hydrogen-bond acceptors (Lipinski definition) is 6. The lowest BCUT2D eigenvalue weighted by molar-refractivity contribution is -0.152. The normalized spacial score (nSPS) is 21.7. The minimum Gasteiger partial charge on any atom is -0.371 e. The van der Waals surface area contributed by atoms with Crippen LogP contribution in [0.25, 0.3) is 0 Å². The van der Waals surface area contributed by atoms with E-state index in [-0.39, 0.29) is 48.1 Å². The molecule has 3 aliphatic rings. The first kappa shape index (κ1) is 33.4. The SMILES string of the molecule is C[C@@H](OCc1ccccc1)[C@H](NC(=O)[C@@H]1CN(C(=O)c2cnn(Cc3ccccc3)c2)CC12CN(C(=O)[C@H]1CC1(C)C)C2)C(=O)N(C)C. The molecular formula is C37H46N6O5. The van der Waals surface area contributed by atoms with Crippen LogP contribution in [0, 0.1) is 22.7 Å². The molecule has 11 nitrogen and oxygen atoms in total. The van der Waals surface area contributed by atoms with Crippen LogP contribution in [-0.4, -0.2) is 101 Å². The summed E-state index contributed by atoms with van der Waals surface area (Å²) >= 11 is 0. The van der Waals surface area contributed by atoms with Crippen molar-refractivity contribution in [2.45, 2.75) is 52.5 Å². The van der Waals surface area contributed by atoms with E-state index < -0.39 is 23.5 Å². The van der Waals surface area contributed by atoms with Gasteiger partial charge in [-0.1, -0.05) is 74.5 Å². The van der Waals surface area contributed by atoms with E-state index in [2.05, 4.69) is 24.3 Å². The Balaban J connectivity index is 1.19. The Morgan fingerprint density at radius 1 is 0.938 bits per heavy atom. The second kappa shape index (κ2) is 13.2. The lowest BCUT2D eigenvalue weighted by Crippen LogP contribution is -2.65. The molecule has 0 unspecified atom stereocenters. The number of benzene rings is 2. The van der Waals surface area contributed by atoms with Crippen molar-refractivity contribution in [2.24, 2.45) is 22.7 Å². The van der Waals surface area contributed by atoms with E-state index in [0.29, 0.717) is 31.7 Å². The van der Waals surface area contributed by atoms with Crippen LogP contribution in [0.5, 0.6) is 0 Å². The molecule has 2 aromatic carbocycles. The van der Waals surface area contributed by atoms with Crippen molar-refractivity contribution in [1.82, 2.24) is 29.8 Å². The summed E-state index contributed by atoms with van der Waals surface area (Å²) in [5.41, 5.74) is 1.84. The van der Waals surface area contributed by atoms with Crippen LogP contribution in [0.4, 0.5) is 0 Å². The van der Waals surface area contributed by atoms with Gasteiger partial charge in [0.25, 0.3) is 5.91 Å². The van der Waals surface area contributed by atoms with Gasteiger partial charge in [-0.3, -0.25) is 23.9 Å². The average Bonchev–Trinajstić information content (AvgIpc) is 3.36. The highest BCUT2D eigenvalue weighted by Crippen LogP contribution is 2.54. The molecule has 11 heteroatoms. The molecule has 1 spiro atoms. The van der Waals surface area contributed by atoms with Gasteiger partial charge >= 0.3 is 0 Å². The van der Waals surface area contributed by atoms with E-state index in [0.717, 1.165) is 17.5 Å². The zero-order valence-electron chi connectivity index (χ0n) is 28.5. The first-order chi connectivity index (χ1) is 22.9. The molecule has 4 atom stereocenters. The molecule has 0 bridgehead atoms. The topological polar surface area (TPSA) is 117 Å². The molecular weight excluding hydrogens is 608 g/mol. The first-order valence-corrected chi connectivity index (χ1v) is 16.7. The number of nitrogens with one attached hydrogen (secondary N) is 1. The number of amides is 4. The fraction of sp³-hybridized carbons (Fsp3) is 0.486. The second-order valence-electron chi connectivity index (χ2n) is 14.7. The van der Waals surface area contributed by atoms with E-state index in [1.807, 2.05) is 65.6 Å². The molecule has 3 heterocycles. The molecule has 1 N–H and O–H groups in total. The van der Waals surface area contributed by atoms with Gasteiger partial charge < -0.3 is 24.8 Å². The van der Waals surface area contributed by atoms with Gasteiger partial charge in [0.15, 0.2) is 0 Å². The lowest BCUT2D eigenvalue weighted by atomic mass is 9.70. The minimum absolute atomic E-state index is 0.0101. The number of likely N-dealkylation sites (tertiary alicyclic amines) is 2. The highest BCUT2D eigenvalue weighted by Gasteiger charge is 2.62. The molecule has 2 aliphatic heterocycles. The van der Waals surface area contributed by atoms with Gasteiger partial charge in [-0.2, -0.15) is 5.10 Å². The van der Waals surface area contributed by atoms with Gasteiger partial charge in [-0.25, -0.2) is 0 Å². The first-order valence-electron chi connectivity index (χ1n) is 16.7. The van der Waals surface area contributed by atoms with Crippen LogP contribution >= 0.6 is 0 Å². The molecule has 4 amide bonds. The molecule has 2 saturated heterocycles. The van der Waals surface area contributed by atoms with Crippen molar-refractivity contribution in [2.75, 3.05) is 40.3 Å². The summed E-state index contributed by atoms with van der Waals surface area (Å²) in [6.45, 7) is 8.08. The fourth-order valence-corrected chi connectivity index (χ4v) is 7.11. The van der Waals surface area contributed by atoms with Gasteiger partial charge in [0, 0.05) is 57.8 Å². The zero-order valence-corrected chi connectivity index (χ0v) is 28.5. The van der Waals surface area contributed by atoms with Gasteiger partial charge in [-0.05, 0) is 29.9 Å². The van der Waals surface area contributed by atoms with Crippen LogP contribution < -0.4 is 5.32 Å². The molecule has 254 valence electrons. The number of carbonyl (C=O) groups is 4. The number of aromatic nitrogens is 2. The Labute approximate surface area is 282 Å². The van der Waals surface area contributed by atoms with Crippen LogP contribution in [0.2, 0.25) is 0 Å². The predicted molar refractivity (Wildman–Crippen MR) is 179 cm³/mol. The zero-order chi connectivity index (χ0) is 34.2. The molecule has 3 fully saturated rings. The van der Waals surface area contributed by atoms with E-state index in [1.54, 1.807) is 43.0 Å². The maximum Gasteiger partial charge on any atom is 0.257 e. The average molecular weight is 655 g/mol. The second-order valence-corrected chi connectivity index (χ2v) is 14.7. The van der Waals surface area contributed by atoms with E-state index in [4.69, 9.17) is 4.74 Å². The van der Waals surface area contributed by atoms with Crippen LogP contribution in [0.15, 0.2) is 73.1 Å². The maximum absolute atomic E-state index is 14.2. The number of nitrogens with zero attached hydrogens (tertiary/aromatic N) is 5. The van der Waals surface area contributed by atoms with Crippen molar-refractivity contribution >= 4 is 23.6 Å². The van der Waals surface area contributed by atoms with Crippen molar-refractivity contribution in [3.8, 4) is 0 Å². The summed E-state index contributed by atoms with van der Waals surface area (Å²) in [6, 6.07) is 18.6. The Morgan fingerprint density at radius 2 is 1.54 bits per heavy atom.